The van der Waals surface area contributed by atoms with Gasteiger partial charge in [0, 0.05) is 17.7 Å². The van der Waals surface area contributed by atoms with Crippen molar-refractivity contribution in [3.05, 3.63) is 34.3 Å². The molecule has 2 N–H and O–H groups in total. The Hall–Kier alpha value is -0.570. The fourth-order valence-electron chi connectivity index (χ4n) is 2.45. The number of aryl methyl sites for hydroxylation is 1. The van der Waals surface area contributed by atoms with Gasteiger partial charge in [0.2, 0.25) is 0 Å². The summed E-state index contributed by atoms with van der Waals surface area (Å²) < 4.78 is 5.69. The quantitative estimate of drug-likeness (QED) is 0.899. The number of ether oxygens (including phenoxy) is 1. The SMILES string of the molecule is Cc1ccc(CC(N)C2OCCC2C)c(Cl)c1. The van der Waals surface area contributed by atoms with E-state index in [0.717, 1.165) is 30.0 Å². The summed E-state index contributed by atoms with van der Waals surface area (Å²) in [5.74, 6) is 0.550. The Morgan fingerprint density at radius 2 is 2.29 bits per heavy atom. The molecule has 3 heteroatoms. The van der Waals surface area contributed by atoms with Crippen molar-refractivity contribution in [2.24, 2.45) is 11.7 Å². The molecule has 3 unspecified atom stereocenters. The Bertz CT molecular complexity index is 394. The highest BCUT2D eigenvalue weighted by atomic mass is 35.5. The van der Waals surface area contributed by atoms with Crippen molar-refractivity contribution in [3.63, 3.8) is 0 Å². The Morgan fingerprint density at radius 1 is 1.53 bits per heavy atom. The second-order valence-corrected chi connectivity index (χ2v) is 5.47. The van der Waals surface area contributed by atoms with Crippen molar-refractivity contribution < 1.29 is 4.74 Å². The highest BCUT2D eigenvalue weighted by Crippen LogP contribution is 2.25. The number of nitrogens with two attached hydrogens (primary N) is 1. The fraction of sp³-hybridized carbons (Fsp3) is 0.571. The van der Waals surface area contributed by atoms with E-state index in [0.29, 0.717) is 5.92 Å². The van der Waals surface area contributed by atoms with Crippen molar-refractivity contribution >= 4 is 11.6 Å². The second-order valence-electron chi connectivity index (χ2n) is 5.06. The summed E-state index contributed by atoms with van der Waals surface area (Å²) in [7, 11) is 0. The molecular formula is C14H20ClNO. The van der Waals surface area contributed by atoms with Crippen LogP contribution in [0.1, 0.15) is 24.5 Å². The summed E-state index contributed by atoms with van der Waals surface area (Å²) in [6.07, 6.45) is 2.07. The molecule has 0 amide bonds. The minimum absolute atomic E-state index is 0.0349. The molecule has 1 heterocycles. The van der Waals surface area contributed by atoms with E-state index in [1.165, 1.54) is 5.56 Å². The minimum Gasteiger partial charge on any atom is -0.376 e. The van der Waals surface area contributed by atoms with Crippen LogP contribution >= 0.6 is 11.6 Å². The zero-order chi connectivity index (χ0) is 12.4. The molecule has 0 spiro atoms. The lowest BCUT2D eigenvalue weighted by Gasteiger charge is -2.22. The van der Waals surface area contributed by atoms with Crippen LogP contribution in [0, 0.1) is 12.8 Å². The minimum atomic E-state index is 0.0349. The van der Waals surface area contributed by atoms with Crippen LogP contribution in [0.3, 0.4) is 0 Å². The fourth-order valence-corrected chi connectivity index (χ4v) is 2.76. The Balaban J connectivity index is 2.04. The van der Waals surface area contributed by atoms with Gasteiger partial charge in [-0.2, -0.15) is 0 Å². The average molecular weight is 254 g/mol. The van der Waals surface area contributed by atoms with Gasteiger partial charge in [-0.3, -0.25) is 0 Å². The van der Waals surface area contributed by atoms with Crippen molar-refractivity contribution in [2.75, 3.05) is 6.61 Å². The molecule has 0 aromatic heterocycles. The van der Waals surface area contributed by atoms with Gasteiger partial charge in [-0.25, -0.2) is 0 Å². The first-order valence-corrected chi connectivity index (χ1v) is 6.58. The van der Waals surface area contributed by atoms with Gasteiger partial charge >= 0.3 is 0 Å². The van der Waals surface area contributed by atoms with Gasteiger partial charge in [0.05, 0.1) is 6.10 Å². The average Bonchev–Trinajstić information content (AvgIpc) is 2.68. The number of halogens is 1. The lowest BCUT2D eigenvalue weighted by atomic mass is 9.93. The Labute approximate surface area is 108 Å². The monoisotopic (exact) mass is 253 g/mol. The molecule has 1 aliphatic rings. The van der Waals surface area contributed by atoms with Gasteiger partial charge < -0.3 is 10.5 Å². The summed E-state index contributed by atoms with van der Waals surface area (Å²) in [4.78, 5) is 0. The van der Waals surface area contributed by atoms with Crippen LogP contribution in [0.4, 0.5) is 0 Å². The molecule has 2 rings (SSSR count). The van der Waals surface area contributed by atoms with Gasteiger partial charge in [0.15, 0.2) is 0 Å². The standard InChI is InChI=1S/C14H20ClNO/c1-9-3-4-11(12(15)7-9)8-13(16)14-10(2)5-6-17-14/h3-4,7,10,13-14H,5-6,8,16H2,1-2H3. The van der Waals surface area contributed by atoms with E-state index in [1.807, 2.05) is 13.0 Å². The molecule has 0 saturated carbocycles. The normalized spacial score (nSPS) is 26.1. The van der Waals surface area contributed by atoms with Gasteiger partial charge in [0.25, 0.3) is 0 Å². The van der Waals surface area contributed by atoms with Crippen molar-refractivity contribution in [1.29, 1.82) is 0 Å². The molecule has 1 aromatic rings. The number of rotatable bonds is 3. The van der Waals surface area contributed by atoms with E-state index in [2.05, 4.69) is 19.1 Å². The number of benzene rings is 1. The van der Waals surface area contributed by atoms with Crippen molar-refractivity contribution in [2.45, 2.75) is 38.8 Å². The third-order valence-electron chi connectivity index (χ3n) is 3.53. The maximum Gasteiger partial charge on any atom is 0.0755 e. The van der Waals surface area contributed by atoms with Crippen LogP contribution in [-0.2, 0) is 11.2 Å². The largest absolute Gasteiger partial charge is 0.376 e. The van der Waals surface area contributed by atoms with Crippen LogP contribution < -0.4 is 5.73 Å². The Kier molecular flexibility index (Phi) is 4.08. The van der Waals surface area contributed by atoms with Crippen LogP contribution in [0.2, 0.25) is 5.02 Å². The van der Waals surface area contributed by atoms with Gasteiger partial charge in [-0.15, -0.1) is 0 Å². The lowest BCUT2D eigenvalue weighted by Crippen LogP contribution is -2.39. The predicted molar refractivity (Wildman–Crippen MR) is 71.4 cm³/mol. The molecular weight excluding hydrogens is 234 g/mol. The lowest BCUT2D eigenvalue weighted by molar-refractivity contribution is 0.0726. The number of hydrogen-bond acceptors (Lipinski definition) is 2. The smallest absolute Gasteiger partial charge is 0.0755 e. The van der Waals surface area contributed by atoms with Gasteiger partial charge in [0.1, 0.15) is 0 Å². The van der Waals surface area contributed by atoms with E-state index in [4.69, 9.17) is 22.1 Å². The second kappa shape index (κ2) is 5.38. The zero-order valence-corrected chi connectivity index (χ0v) is 11.2. The molecule has 1 aliphatic heterocycles. The molecule has 0 radical (unpaired) electrons. The first kappa shape index (κ1) is 12.9. The summed E-state index contributed by atoms with van der Waals surface area (Å²) in [5, 5.41) is 0.811. The molecule has 1 fully saturated rings. The maximum atomic E-state index is 6.22. The zero-order valence-electron chi connectivity index (χ0n) is 10.4. The summed E-state index contributed by atoms with van der Waals surface area (Å²) in [5.41, 5.74) is 8.52. The third-order valence-corrected chi connectivity index (χ3v) is 3.88. The Morgan fingerprint density at radius 3 is 2.88 bits per heavy atom. The predicted octanol–water partition coefficient (Wildman–Crippen LogP) is 2.94. The van der Waals surface area contributed by atoms with E-state index in [-0.39, 0.29) is 12.1 Å². The highest BCUT2D eigenvalue weighted by Gasteiger charge is 2.30. The maximum absolute atomic E-state index is 6.22. The van der Waals surface area contributed by atoms with Crippen LogP contribution in [0.15, 0.2) is 18.2 Å². The summed E-state index contributed by atoms with van der Waals surface area (Å²) in [6.45, 7) is 5.08. The van der Waals surface area contributed by atoms with Crippen LogP contribution in [-0.4, -0.2) is 18.8 Å². The summed E-state index contributed by atoms with van der Waals surface area (Å²) in [6, 6.07) is 6.17. The van der Waals surface area contributed by atoms with E-state index >= 15 is 0 Å². The first-order chi connectivity index (χ1) is 8.08. The van der Waals surface area contributed by atoms with E-state index in [9.17, 15) is 0 Å². The third kappa shape index (κ3) is 3.01. The summed E-state index contributed by atoms with van der Waals surface area (Å²) >= 11 is 6.22. The van der Waals surface area contributed by atoms with Crippen LogP contribution in [0.5, 0.6) is 0 Å². The van der Waals surface area contributed by atoms with Crippen molar-refractivity contribution in [1.82, 2.24) is 0 Å². The van der Waals surface area contributed by atoms with Crippen LogP contribution in [0.25, 0.3) is 0 Å². The molecule has 94 valence electrons. The van der Waals surface area contributed by atoms with Gasteiger partial charge in [-0.05, 0) is 42.9 Å². The van der Waals surface area contributed by atoms with Crippen molar-refractivity contribution in [3.8, 4) is 0 Å². The topological polar surface area (TPSA) is 35.2 Å². The van der Waals surface area contributed by atoms with E-state index < -0.39 is 0 Å². The molecule has 1 saturated heterocycles. The number of hydrogen-bond donors (Lipinski definition) is 1. The molecule has 1 aromatic carbocycles. The van der Waals surface area contributed by atoms with Gasteiger partial charge in [-0.1, -0.05) is 30.7 Å². The molecule has 0 aliphatic carbocycles. The highest BCUT2D eigenvalue weighted by molar-refractivity contribution is 6.31. The first-order valence-electron chi connectivity index (χ1n) is 6.20. The molecule has 0 bridgehead atoms. The molecule has 17 heavy (non-hydrogen) atoms. The molecule has 2 nitrogen and oxygen atoms in total. The van der Waals surface area contributed by atoms with E-state index in [1.54, 1.807) is 0 Å². The molecule has 3 atom stereocenters.